The summed E-state index contributed by atoms with van der Waals surface area (Å²) in [5.41, 5.74) is 5.87. The smallest absolute Gasteiger partial charge is 0.172 e. The van der Waals surface area contributed by atoms with Gasteiger partial charge in [-0.2, -0.15) is 18.2 Å². The van der Waals surface area contributed by atoms with Crippen molar-refractivity contribution in [1.82, 2.24) is 0 Å². The van der Waals surface area contributed by atoms with Crippen LogP contribution in [0.1, 0.15) is 63.8 Å². The van der Waals surface area contributed by atoms with Crippen LogP contribution >= 0.6 is 45.2 Å². The summed E-state index contributed by atoms with van der Waals surface area (Å²) in [5.74, 6) is 0. The molecule has 6 aromatic carbocycles. The minimum absolute atomic E-state index is 0.194. The molecular weight excluding hydrogens is 813 g/mol. The van der Waals surface area contributed by atoms with E-state index in [-0.39, 0.29) is 10.8 Å². The Morgan fingerprint density at radius 2 is 0.952 bits per heavy atom. The SMILES string of the molecule is CC(C)(C)c1ccc2[cH-]c3ccc(C(C)(C)C)cc3c2c1.[Zr+2]=[C](c1ccc(I)cc1)c1ccc(I)cc1.c1cc[cH-]c1. The van der Waals surface area contributed by atoms with Crippen LogP contribution in [0.25, 0.3) is 21.5 Å². The maximum atomic E-state index is 2.38. The van der Waals surface area contributed by atoms with Gasteiger partial charge in [-0.15, -0.1) is 39.7 Å². The molecule has 3 heteroatoms. The summed E-state index contributed by atoms with van der Waals surface area (Å²) < 4.78 is 3.99. The maximum absolute atomic E-state index is 2.38. The van der Waals surface area contributed by atoms with Gasteiger partial charge in [-0.05, 0) is 10.8 Å². The first kappa shape index (κ1) is 33.2. The molecule has 212 valence electrons. The number of hydrogen-bond acceptors (Lipinski definition) is 0. The Balaban J connectivity index is 0.000000170. The van der Waals surface area contributed by atoms with Crippen molar-refractivity contribution in [2.75, 3.05) is 0 Å². The first-order valence-electron chi connectivity index (χ1n) is 14.2. The fraction of sp³-hybridized carbons (Fsp3) is 0.205. The molecule has 0 radical (unpaired) electrons. The Bertz CT molecular complexity index is 1610. The molecule has 0 aliphatic carbocycles. The van der Waals surface area contributed by atoms with Gasteiger partial charge in [0.25, 0.3) is 0 Å². The van der Waals surface area contributed by atoms with E-state index in [0.29, 0.717) is 0 Å². The normalized spacial score (nSPS) is 11.5. The van der Waals surface area contributed by atoms with Crippen molar-refractivity contribution >= 4 is 69.9 Å². The molecule has 6 rings (SSSR count). The number of fused-ring (bicyclic) bond motifs is 3. The average Bonchev–Trinajstić information content (AvgIpc) is 3.64. The standard InChI is InChI=1S/C21H25.C13H8I2.C5H5.Zr/c1-20(2,3)16-9-7-14-11-15-8-10-17(21(4,5)6)13-19(15)18(14)12-16;14-12-5-1-10(2-6-12)9-11-3-7-13(15)8-4-11;1-2-4-5-3-1;/h7-13H,1-6H3;1-8H;1-5H;/q-1;;-1;+2. The van der Waals surface area contributed by atoms with Gasteiger partial charge < -0.3 is 0 Å². The zero-order chi connectivity index (χ0) is 30.5. The van der Waals surface area contributed by atoms with E-state index in [1.165, 1.54) is 78.4 Å². The minimum atomic E-state index is 0.194. The molecule has 0 saturated carbocycles. The topological polar surface area (TPSA) is 0 Å². The Hall–Kier alpha value is -1.69. The van der Waals surface area contributed by atoms with Crippen LogP contribution in [0.5, 0.6) is 0 Å². The Morgan fingerprint density at radius 1 is 0.571 bits per heavy atom. The van der Waals surface area contributed by atoms with Crippen LogP contribution in [-0.2, 0) is 35.1 Å². The zero-order valence-electron chi connectivity index (χ0n) is 25.3. The summed E-state index contributed by atoms with van der Waals surface area (Å²) in [6.07, 6.45) is 0. The van der Waals surface area contributed by atoms with Crippen LogP contribution < -0.4 is 0 Å². The van der Waals surface area contributed by atoms with Crippen LogP contribution in [-0.4, -0.2) is 3.21 Å². The molecule has 0 aliphatic rings. The van der Waals surface area contributed by atoms with Gasteiger partial charge in [-0.1, -0.05) is 76.9 Å². The number of hydrogen-bond donors (Lipinski definition) is 0. The fourth-order valence-electron chi connectivity index (χ4n) is 4.65. The maximum Gasteiger partial charge on any atom is -0.172 e. The Morgan fingerprint density at radius 3 is 1.26 bits per heavy atom. The largest absolute Gasteiger partial charge is 0.214 e. The summed E-state index contributed by atoms with van der Waals surface area (Å²) in [7, 11) is 0. The van der Waals surface area contributed by atoms with Gasteiger partial charge in [-0.25, -0.2) is 12.1 Å². The predicted molar refractivity (Wildman–Crippen MR) is 198 cm³/mol. The number of rotatable bonds is 2. The first-order valence-corrected chi connectivity index (χ1v) is 17.6. The molecule has 0 aromatic heterocycles. The molecule has 0 atom stereocenters. The third-order valence-electron chi connectivity index (χ3n) is 7.26. The van der Waals surface area contributed by atoms with Gasteiger partial charge in [-0.3, -0.25) is 0 Å². The molecule has 0 N–H and O–H groups in total. The van der Waals surface area contributed by atoms with E-state index in [4.69, 9.17) is 0 Å². The number of benzene rings is 4. The van der Waals surface area contributed by atoms with Crippen LogP contribution in [0.3, 0.4) is 0 Å². The van der Waals surface area contributed by atoms with Crippen molar-refractivity contribution in [3.05, 3.63) is 151 Å². The van der Waals surface area contributed by atoms with Gasteiger partial charge in [0.15, 0.2) is 0 Å². The van der Waals surface area contributed by atoms with Crippen molar-refractivity contribution in [2.24, 2.45) is 0 Å². The van der Waals surface area contributed by atoms with E-state index < -0.39 is 0 Å². The Labute approximate surface area is 294 Å². The van der Waals surface area contributed by atoms with Crippen molar-refractivity contribution < 1.29 is 24.2 Å². The predicted octanol–water partition coefficient (Wildman–Crippen LogP) is 11.7. The summed E-state index contributed by atoms with van der Waals surface area (Å²) in [5, 5.41) is 5.49. The van der Waals surface area contributed by atoms with Gasteiger partial charge in [0.1, 0.15) is 0 Å². The molecule has 42 heavy (non-hydrogen) atoms. The van der Waals surface area contributed by atoms with Crippen molar-refractivity contribution in [2.45, 2.75) is 52.4 Å². The monoisotopic (exact) mass is 850 g/mol. The third kappa shape index (κ3) is 8.92. The second-order valence-electron chi connectivity index (χ2n) is 12.6. The van der Waals surface area contributed by atoms with E-state index in [9.17, 15) is 0 Å². The second kappa shape index (κ2) is 14.4. The van der Waals surface area contributed by atoms with Crippen molar-refractivity contribution in [3.8, 4) is 0 Å². The first-order chi connectivity index (χ1) is 19.8. The second-order valence-corrected chi connectivity index (χ2v) is 16.3. The van der Waals surface area contributed by atoms with Crippen LogP contribution in [0.15, 0.2) is 121 Å². The molecule has 0 nitrogen and oxygen atoms in total. The minimum Gasteiger partial charge on any atom is -0.214 e. The third-order valence-corrected chi connectivity index (χ3v) is 10.1. The van der Waals surface area contributed by atoms with Crippen LogP contribution in [0.4, 0.5) is 0 Å². The summed E-state index contributed by atoms with van der Waals surface area (Å²) in [6.45, 7) is 13.7. The molecule has 0 bridgehead atoms. The Kier molecular flexibility index (Phi) is 11.4. The molecule has 0 aliphatic heterocycles. The molecular formula is C39H38I2Zr. The quantitative estimate of drug-likeness (QED) is 0.120. The molecule has 0 spiro atoms. The van der Waals surface area contributed by atoms with Crippen LogP contribution in [0, 0.1) is 7.14 Å². The van der Waals surface area contributed by atoms with Crippen molar-refractivity contribution in [3.63, 3.8) is 0 Å². The molecule has 0 unspecified atom stereocenters. The van der Waals surface area contributed by atoms with E-state index in [2.05, 4.69) is 178 Å². The van der Waals surface area contributed by atoms with E-state index in [1.807, 2.05) is 30.3 Å². The molecule has 6 aromatic rings. The molecule has 0 amide bonds. The van der Waals surface area contributed by atoms with E-state index in [1.54, 1.807) is 0 Å². The van der Waals surface area contributed by atoms with Gasteiger partial charge in [0.2, 0.25) is 0 Å². The zero-order valence-corrected chi connectivity index (χ0v) is 32.1. The van der Waals surface area contributed by atoms with Gasteiger partial charge in [0.05, 0.1) is 0 Å². The van der Waals surface area contributed by atoms with Crippen molar-refractivity contribution in [1.29, 1.82) is 0 Å². The van der Waals surface area contributed by atoms with Crippen LogP contribution in [0.2, 0.25) is 0 Å². The van der Waals surface area contributed by atoms with E-state index in [0.717, 1.165) is 0 Å². The summed E-state index contributed by atoms with van der Waals surface area (Å²) >= 11 is 6.13. The molecule has 0 fully saturated rings. The number of halogens is 2. The average molecular weight is 852 g/mol. The van der Waals surface area contributed by atoms with Gasteiger partial charge in [0, 0.05) is 0 Å². The fourth-order valence-corrected chi connectivity index (χ4v) is 6.19. The molecule has 0 saturated heterocycles. The summed E-state index contributed by atoms with van der Waals surface area (Å²) in [6, 6.07) is 43.6. The summed E-state index contributed by atoms with van der Waals surface area (Å²) in [4.78, 5) is 0. The van der Waals surface area contributed by atoms with Gasteiger partial charge >= 0.3 is 139 Å². The molecule has 0 heterocycles. The van der Waals surface area contributed by atoms with E-state index >= 15 is 0 Å².